The van der Waals surface area contributed by atoms with Crippen LogP contribution in [0.15, 0.2) is 36.7 Å². The van der Waals surface area contributed by atoms with Crippen LogP contribution in [0, 0.1) is 0 Å². The minimum absolute atomic E-state index is 0.281. The van der Waals surface area contributed by atoms with Crippen LogP contribution in [0.3, 0.4) is 0 Å². The second-order valence-electron chi connectivity index (χ2n) is 5.38. The van der Waals surface area contributed by atoms with Gasteiger partial charge in [0.05, 0.1) is 5.39 Å². The molecule has 6 heteroatoms. The maximum atomic E-state index is 11.2. The highest BCUT2D eigenvalue weighted by Gasteiger charge is 2.29. The normalized spacial score (nSPS) is 17.0. The molecule has 0 aliphatic carbocycles. The molecule has 0 unspecified atom stereocenters. The van der Waals surface area contributed by atoms with Crippen LogP contribution in [0.4, 0.5) is 11.5 Å². The van der Waals surface area contributed by atoms with Crippen LogP contribution in [0.5, 0.6) is 0 Å². The number of carboxylic acids is 1. The van der Waals surface area contributed by atoms with Gasteiger partial charge < -0.3 is 10.0 Å². The summed E-state index contributed by atoms with van der Waals surface area (Å²) in [5, 5.41) is 10.00. The zero-order chi connectivity index (χ0) is 15.3. The van der Waals surface area contributed by atoms with Crippen LogP contribution in [-0.4, -0.2) is 27.1 Å². The van der Waals surface area contributed by atoms with Crippen molar-refractivity contribution >= 4 is 39.0 Å². The molecule has 2 aromatic heterocycles. The fraction of sp³-hybridized carbons (Fsp3) is 0.188. The third-order valence-electron chi connectivity index (χ3n) is 3.95. The first-order valence-corrected chi connectivity index (χ1v) is 7.82. The molecule has 4 rings (SSSR count). The zero-order valence-corrected chi connectivity index (χ0v) is 12.7. The second-order valence-corrected chi connectivity index (χ2v) is 6.41. The van der Waals surface area contributed by atoms with E-state index in [4.69, 9.17) is 0 Å². The molecule has 0 radical (unpaired) electrons. The summed E-state index contributed by atoms with van der Waals surface area (Å²) in [7, 11) is 0. The Balaban J connectivity index is 1.93. The number of anilines is 2. The number of carbonyl (C=O) groups is 1. The molecule has 3 heterocycles. The zero-order valence-electron chi connectivity index (χ0n) is 11.9. The minimum atomic E-state index is -0.927. The number of aromatic carboxylic acids is 1. The van der Waals surface area contributed by atoms with Crippen LogP contribution in [0.2, 0.25) is 0 Å². The first kappa shape index (κ1) is 13.2. The summed E-state index contributed by atoms with van der Waals surface area (Å²) < 4.78 is 0. The van der Waals surface area contributed by atoms with Crippen LogP contribution < -0.4 is 4.90 Å². The number of aromatic nitrogens is 2. The lowest BCUT2D eigenvalue weighted by atomic mass is 10.1. The lowest BCUT2D eigenvalue weighted by Gasteiger charge is -2.24. The number of thiophene rings is 1. The lowest BCUT2D eigenvalue weighted by Crippen LogP contribution is -2.25. The van der Waals surface area contributed by atoms with Gasteiger partial charge in [0, 0.05) is 11.7 Å². The van der Waals surface area contributed by atoms with Gasteiger partial charge in [-0.3, -0.25) is 0 Å². The Hall–Kier alpha value is -2.47. The number of hydrogen-bond acceptors (Lipinski definition) is 5. The number of rotatable bonds is 2. The third-order valence-corrected chi connectivity index (χ3v) is 4.99. The minimum Gasteiger partial charge on any atom is -0.477 e. The standard InChI is InChI=1S/C16H13N3O2S/c1-9-6-10-4-2-3-5-12(10)19(9)14-11-7-13(16(20)21)22-15(11)18-8-17-14/h2-5,7-9H,6H2,1H3,(H,20,21)/t9-/m1/s1. The number of benzene rings is 1. The molecular formula is C16H13N3O2S. The molecule has 0 saturated heterocycles. The van der Waals surface area contributed by atoms with E-state index in [9.17, 15) is 9.90 Å². The molecule has 1 aliphatic rings. The van der Waals surface area contributed by atoms with Gasteiger partial charge in [-0.05, 0) is 31.0 Å². The molecule has 5 nitrogen and oxygen atoms in total. The Morgan fingerprint density at radius 2 is 2.18 bits per heavy atom. The van der Waals surface area contributed by atoms with Crippen molar-refractivity contribution in [1.82, 2.24) is 9.97 Å². The van der Waals surface area contributed by atoms with Gasteiger partial charge in [-0.25, -0.2) is 14.8 Å². The summed E-state index contributed by atoms with van der Waals surface area (Å²) in [5.41, 5.74) is 2.42. The van der Waals surface area contributed by atoms with Crippen molar-refractivity contribution in [2.75, 3.05) is 4.90 Å². The molecule has 1 aromatic carbocycles. The van der Waals surface area contributed by atoms with E-state index in [1.165, 1.54) is 23.2 Å². The molecule has 0 saturated carbocycles. The van der Waals surface area contributed by atoms with E-state index in [1.807, 2.05) is 12.1 Å². The number of hydrogen-bond donors (Lipinski definition) is 1. The highest BCUT2D eigenvalue weighted by atomic mass is 32.1. The fourth-order valence-corrected chi connectivity index (χ4v) is 3.86. The average Bonchev–Trinajstić information content (AvgIpc) is 3.07. The summed E-state index contributed by atoms with van der Waals surface area (Å²) in [6.07, 6.45) is 2.46. The number of nitrogens with zero attached hydrogens (tertiary/aromatic N) is 3. The Morgan fingerprint density at radius 3 is 3.00 bits per heavy atom. The number of para-hydroxylation sites is 1. The van der Waals surface area contributed by atoms with Crippen LogP contribution >= 0.6 is 11.3 Å². The van der Waals surface area contributed by atoms with Gasteiger partial charge in [-0.15, -0.1) is 11.3 Å². The summed E-state index contributed by atoms with van der Waals surface area (Å²) >= 11 is 1.18. The highest BCUT2D eigenvalue weighted by Crippen LogP contribution is 2.41. The quantitative estimate of drug-likeness (QED) is 0.785. The van der Waals surface area contributed by atoms with Gasteiger partial charge in [-0.1, -0.05) is 18.2 Å². The Labute approximate surface area is 130 Å². The number of fused-ring (bicyclic) bond motifs is 2. The van der Waals surface area contributed by atoms with Crippen molar-refractivity contribution in [2.45, 2.75) is 19.4 Å². The first-order valence-electron chi connectivity index (χ1n) is 7.00. The van der Waals surface area contributed by atoms with E-state index in [2.05, 4.69) is 33.9 Å². The maximum Gasteiger partial charge on any atom is 0.345 e. The van der Waals surface area contributed by atoms with E-state index >= 15 is 0 Å². The maximum absolute atomic E-state index is 11.2. The topological polar surface area (TPSA) is 66.3 Å². The molecule has 1 aliphatic heterocycles. The summed E-state index contributed by atoms with van der Waals surface area (Å²) in [4.78, 5) is 23.0. The molecular weight excluding hydrogens is 298 g/mol. The second kappa shape index (κ2) is 4.78. The molecule has 1 atom stereocenters. The van der Waals surface area contributed by atoms with Crippen molar-refractivity contribution in [1.29, 1.82) is 0 Å². The van der Waals surface area contributed by atoms with Crippen LogP contribution in [0.1, 0.15) is 22.2 Å². The van der Waals surface area contributed by atoms with E-state index in [-0.39, 0.29) is 10.9 Å². The molecule has 3 aromatic rings. The van der Waals surface area contributed by atoms with Gasteiger partial charge in [-0.2, -0.15) is 0 Å². The highest BCUT2D eigenvalue weighted by molar-refractivity contribution is 7.20. The molecule has 0 fully saturated rings. The van der Waals surface area contributed by atoms with E-state index in [0.717, 1.165) is 23.3 Å². The molecule has 0 amide bonds. The predicted molar refractivity (Wildman–Crippen MR) is 86.1 cm³/mol. The largest absolute Gasteiger partial charge is 0.477 e. The Kier molecular flexibility index (Phi) is 2.87. The fourth-order valence-electron chi connectivity index (χ4n) is 3.03. The van der Waals surface area contributed by atoms with Crippen LogP contribution in [0.25, 0.3) is 10.2 Å². The monoisotopic (exact) mass is 311 g/mol. The first-order chi connectivity index (χ1) is 10.6. The van der Waals surface area contributed by atoms with Gasteiger partial charge in [0.15, 0.2) is 0 Å². The predicted octanol–water partition coefficient (Wildman–Crippen LogP) is 3.47. The summed E-state index contributed by atoms with van der Waals surface area (Å²) in [6, 6.07) is 10.2. The van der Waals surface area contributed by atoms with Crippen molar-refractivity contribution < 1.29 is 9.90 Å². The SMILES string of the molecule is C[C@@H]1Cc2ccccc2N1c1ncnc2sc(C(=O)O)cc12. The molecule has 1 N–H and O–H groups in total. The number of carboxylic acid groups (broad SMARTS) is 1. The summed E-state index contributed by atoms with van der Waals surface area (Å²) in [5.74, 6) is -0.143. The van der Waals surface area contributed by atoms with Crippen molar-refractivity contribution in [2.24, 2.45) is 0 Å². The van der Waals surface area contributed by atoms with Crippen molar-refractivity contribution in [3.8, 4) is 0 Å². The van der Waals surface area contributed by atoms with Crippen molar-refractivity contribution in [3.05, 3.63) is 47.1 Å². The van der Waals surface area contributed by atoms with Gasteiger partial charge in [0.25, 0.3) is 0 Å². The molecule has 110 valence electrons. The van der Waals surface area contributed by atoms with Gasteiger partial charge in [0.2, 0.25) is 0 Å². The van der Waals surface area contributed by atoms with E-state index < -0.39 is 5.97 Å². The Morgan fingerprint density at radius 1 is 1.36 bits per heavy atom. The van der Waals surface area contributed by atoms with E-state index in [0.29, 0.717) is 4.83 Å². The molecule has 0 spiro atoms. The van der Waals surface area contributed by atoms with Gasteiger partial charge >= 0.3 is 5.97 Å². The average molecular weight is 311 g/mol. The lowest BCUT2D eigenvalue weighted by molar-refractivity contribution is 0.0702. The molecule has 0 bridgehead atoms. The van der Waals surface area contributed by atoms with E-state index in [1.54, 1.807) is 6.07 Å². The molecule has 22 heavy (non-hydrogen) atoms. The Bertz CT molecular complexity index is 890. The summed E-state index contributed by atoms with van der Waals surface area (Å²) in [6.45, 7) is 2.15. The van der Waals surface area contributed by atoms with Crippen molar-refractivity contribution in [3.63, 3.8) is 0 Å². The third kappa shape index (κ3) is 1.88. The van der Waals surface area contributed by atoms with Crippen LogP contribution in [-0.2, 0) is 6.42 Å². The smallest absolute Gasteiger partial charge is 0.345 e. The van der Waals surface area contributed by atoms with Gasteiger partial charge in [0.1, 0.15) is 21.9 Å².